The van der Waals surface area contributed by atoms with Crippen molar-refractivity contribution in [2.45, 2.75) is 45.1 Å². The summed E-state index contributed by atoms with van der Waals surface area (Å²) in [5.74, 6) is 2.32. The van der Waals surface area contributed by atoms with Crippen LogP contribution in [-0.2, 0) is 6.54 Å². The third kappa shape index (κ3) is 3.55. The molecule has 1 aliphatic rings. The van der Waals surface area contributed by atoms with Crippen LogP contribution in [0.3, 0.4) is 0 Å². The van der Waals surface area contributed by atoms with Gasteiger partial charge in [0.05, 0.1) is 17.9 Å². The molecule has 3 heterocycles. The average Bonchev–Trinajstić information content (AvgIpc) is 3.40. The van der Waals surface area contributed by atoms with Crippen molar-refractivity contribution in [3.05, 3.63) is 42.0 Å². The van der Waals surface area contributed by atoms with E-state index < -0.39 is 0 Å². The molecule has 0 radical (unpaired) electrons. The van der Waals surface area contributed by atoms with E-state index in [1.54, 1.807) is 6.20 Å². The van der Waals surface area contributed by atoms with Crippen molar-refractivity contribution < 1.29 is 0 Å². The van der Waals surface area contributed by atoms with Crippen LogP contribution in [-0.4, -0.2) is 31.3 Å². The lowest BCUT2D eigenvalue weighted by Gasteiger charge is -2.11. The van der Waals surface area contributed by atoms with Crippen LogP contribution in [0, 0.1) is 0 Å². The molecule has 3 aromatic rings. The summed E-state index contributed by atoms with van der Waals surface area (Å²) < 4.78 is 1.90. The molecule has 1 saturated carbocycles. The highest BCUT2D eigenvalue weighted by Gasteiger charge is 2.30. The van der Waals surface area contributed by atoms with Crippen molar-refractivity contribution >= 4 is 17.2 Å². The van der Waals surface area contributed by atoms with Gasteiger partial charge in [0, 0.05) is 24.7 Å². The third-order valence-electron chi connectivity index (χ3n) is 4.36. The molecular weight excluding hydrogens is 314 g/mol. The molecule has 7 heteroatoms. The number of hydrogen-bond acceptors (Lipinski definition) is 6. The predicted octanol–water partition coefficient (Wildman–Crippen LogP) is 3.22. The van der Waals surface area contributed by atoms with Crippen LogP contribution in [0.15, 0.2) is 30.5 Å². The normalized spacial score (nSPS) is 14.0. The van der Waals surface area contributed by atoms with E-state index in [0.29, 0.717) is 12.5 Å². The van der Waals surface area contributed by atoms with Gasteiger partial charge >= 0.3 is 0 Å². The number of pyridine rings is 1. The summed E-state index contributed by atoms with van der Waals surface area (Å²) in [6, 6.07) is 7.93. The van der Waals surface area contributed by atoms with Gasteiger partial charge in [-0.15, -0.1) is 15.3 Å². The summed E-state index contributed by atoms with van der Waals surface area (Å²) in [5.41, 5.74) is 2.69. The standard InChI is InChI=1S/C18H23N7/c1-2-3-9-20-16-11-15(21-12-14-6-4-5-10-19-14)18-23-22-17(13-7-8-13)25(18)24-16/h4-6,10-11,13,21H,2-3,7-9,12H2,1H3,(H,20,24). The lowest BCUT2D eigenvalue weighted by Crippen LogP contribution is -2.10. The Bertz CT molecular complexity index is 839. The Hall–Kier alpha value is -2.70. The molecule has 7 nitrogen and oxygen atoms in total. The van der Waals surface area contributed by atoms with Crippen molar-refractivity contribution in [2.24, 2.45) is 0 Å². The molecule has 0 bridgehead atoms. The van der Waals surface area contributed by atoms with Crippen LogP contribution in [0.5, 0.6) is 0 Å². The van der Waals surface area contributed by atoms with E-state index in [2.05, 4.69) is 32.7 Å². The quantitative estimate of drug-likeness (QED) is 0.614. The van der Waals surface area contributed by atoms with Crippen molar-refractivity contribution in [1.82, 2.24) is 24.8 Å². The molecule has 1 aliphatic carbocycles. The number of nitrogens with zero attached hydrogens (tertiary/aromatic N) is 5. The molecule has 130 valence electrons. The third-order valence-corrected chi connectivity index (χ3v) is 4.36. The van der Waals surface area contributed by atoms with Crippen LogP contribution in [0.4, 0.5) is 11.5 Å². The van der Waals surface area contributed by atoms with Gasteiger partial charge in [0.1, 0.15) is 5.82 Å². The second-order valence-corrected chi connectivity index (χ2v) is 6.47. The lowest BCUT2D eigenvalue weighted by atomic mass is 10.3. The van der Waals surface area contributed by atoms with Crippen LogP contribution >= 0.6 is 0 Å². The summed E-state index contributed by atoms with van der Waals surface area (Å²) in [5, 5.41) is 20.3. The van der Waals surface area contributed by atoms with E-state index >= 15 is 0 Å². The Labute approximate surface area is 146 Å². The van der Waals surface area contributed by atoms with Gasteiger partial charge in [-0.1, -0.05) is 19.4 Å². The minimum absolute atomic E-state index is 0.497. The fraction of sp³-hybridized carbons (Fsp3) is 0.444. The van der Waals surface area contributed by atoms with E-state index in [0.717, 1.165) is 48.1 Å². The zero-order valence-electron chi connectivity index (χ0n) is 14.4. The first-order valence-electron chi connectivity index (χ1n) is 8.99. The highest BCUT2D eigenvalue weighted by atomic mass is 15.4. The SMILES string of the molecule is CCCCNc1cc(NCc2ccccn2)c2nnc(C3CC3)n2n1. The van der Waals surface area contributed by atoms with Gasteiger partial charge in [0.25, 0.3) is 0 Å². The Morgan fingerprint density at radius 1 is 1.20 bits per heavy atom. The van der Waals surface area contributed by atoms with Gasteiger partial charge in [-0.05, 0) is 31.4 Å². The first-order chi connectivity index (χ1) is 12.3. The minimum atomic E-state index is 0.497. The van der Waals surface area contributed by atoms with Crippen LogP contribution in [0.1, 0.15) is 50.0 Å². The first kappa shape index (κ1) is 15.8. The maximum absolute atomic E-state index is 4.71. The Morgan fingerprint density at radius 2 is 2.12 bits per heavy atom. The van der Waals surface area contributed by atoms with Gasteiger partial charge in [0.2, 0.25) is 5.65 Å². The van der Waals surface area contributed by atoms with Gasteiger partial charge in [-0.25, -0.2) is 0 Å². The molecular formula is C18H23N7. The summed E-state index contributed by atoms with van der Waals surface area (Å²) in [4.78, 5) is 4.36. The minimum Gasteiger partial charge on any atom is -0.376 e. The summed E-state index contributed by atoms with van der Waals surface area (Å²) in [6.07, 6.45) is 6.42. The number of rotatable bonds is 8. The fourth-order valence-electron chi connectivity index (χ4n) is 2.79. The van der Waals surface area contributed by atoms with Gasteiger partial charge in [0.15, 0.2) is 5.82 Å². The molecule has 0 spiro atoms. The number of anilines is 2. The van der Waals surface area contributed by atoms with Crippen LogP contribution in [0.25, 0.3) is 5.65 Å². The summed E-state index contributed by atoms with van der Waals surface area (Å²) in [6.45, 7) is 3.74. The van der Waals surface area contributed by atoms with Gasteiger partial charge in [-0.2, -0.15) is 4.52 Å². The molecule has 0 amide bonds. The number of aromatic nitrogens is 5. The van der Waals surface area contributed by atoms with E-state index in [1.807, 2.05) is 28.8 Å². The monoisotopic (exact) mass is 337 g/mol. The molecule has 1 fully saturated rings. The Morgan fingerprint density at radius 3 is 2.88 bits per heavy atom. The van der Waals surface area contributed by atoms with Gasteiger partial charge < -0.3 is 10.6 Å². The van der Waals surface area contributed by atoms with Crippen LogP contribution in [0.2, 0.25) is 0 Å². The van der Waals surface area contributed by atoms with Crippen molar-refractivity contribution in [3.8, 4) is 0 Å². The number of hydrogen-bond donors (Lipinski definition) is 2. The van der Waals surface area contributed by atoms with E-state index in [-0.39, 0.29) is 0 Å². The lowest BCUT2D eigenvalue weighted by molar-refractivity contribution is 0.798. The largest absolute Gasteiger partial charge is 0.376 e. The van der Waals surface area contributed by atoms with Gasteiger partial charge in [-0.3, -0.25) is 4.98 Å². The van der Waals surface area contributed by atoms with E-state index in [1.165, 1.54) is 12.8 Å². The van der Waals surface area contributed by atoms with Crippen molar-refractivity contribution in [2.75, 3.05) is 17.2 Å². The second kappa shape index (κ2) is 7.04. The van der Waals surface area contributed by atoms with E-state index in [9.17, 15) is 0 Å². The summed E-state index contributed by atoms with van der Waals surface area (Å²) in [7, 11) is 0. The highest BCUT2D eigenvalue weighted by Crippen LogP contribution is 2.39. The smallest absolute Gasteiger partial charge is 0.201 e. The molecule has 0 aromatic carbocycles. The number of nitrogens with one attached hydrogen (secondary N) is 2. The Balaban J connectivity index is 1.63. The molecule has 0 aliphatic heterocycles. The average molecular weight is 337 g/mol. The predicted molar refractivity (Wildman–Crippen MR) is 97.7 cm³/mol. The zero-order valence-corrected chi connectivity index (χ0v) is 14.4. The second-order valence-electron chi connectivity index (χ2n) is 6.47. The molecule has 0 unspecified atom stereocenters. The zero-order chi connectivity index (χ0) is 17.1. The molecule has 25 heavy (non-hydrogen) atoms. The molecule has 4 rings (SSSR count). The molecule has 3 aromatic heterocycles. The maximum atomic E-state index is 4.71. The maximum Gasteiger partial charge on any atom is 0.201 e. The van der Waals surface area contributed by atoms with Crippen LogP contribution < -0.4 is 10.6 Å². The van der Waals surface area contributed by atoms with E-state index in [4.69, 9.17) is 5.10 Å². The first-order valence-corrected chi connectivity index (χ1v) is 8.99. The summed E-state index contributed by atoms with van der Waals surface area (Å²) >= 11 is 0. The molecule has 0 saturated heterocycles. The molecule has 2 N–H and O–H groups in total. The Kier molecular flexibility index (Phi) is 4.45. The van der Waals surface area contributed by atoms with Crippen molar-refractivity contribution in [3.63, 3.8) is 0 Å². The molecule has 0 atom stereocenters. The highest BCUT2D eigenvalue weighted by molar-refractivity contribution is 5.70. The topological polar surface area (TPSA) is 80.0 Å². The fourth-order valence-corrected chi connectivity index (χ4v) is 2.79. The number of unbranched alkanes of at least 4 members (excludes halogenated alkanes) is 1. The number of fused-ring (bicyclic) bond motifs is 1. The van der Waals surface area contributed by atoms with Crippen molar-refractivity contribution in [1.29, 1.82) is 0 Å².